The van der Waals surface area contributed by atoms with Crippen molar-refractivity contribution < 1.29 is 55.5 Å². The molecule has 242 valence electrons. The quantitative estimate of drug-likeness (QED) is 0.0692. The number of aryl methyl sites for hydroxylation is 2. The van der Waals surface area contributed by atoms with Crippen LogP contribution in [0.5, 0.6) is 0 Å². The van der Waals surface area contributed by atoms with Crippen LogP contribution in [-0.4, -0.2) is 25.9 Å². The molecule has 0 aromatic heterocycles. The van der Waals surface area contributed by atoms with Gasteiger partial charge in [0, 0.05) is 21.5 Å². The van der Waals surface area contributed by atoms with Crippen molar-refractivity contribution in [3.8, 4) is 11.1 Å². The maximum atomic E-state index is 12.1. The van der Waals surface area contributed by atoms with Crippen molar-refractivity contribution in [1.82, 2.24) is 0 Å². The number of hydrogen-bond acceptors (Lipinski definition) is 10. The maximum Gasteiger partial charge on any atom is 1.00 e. The number of azo groups is 2. The minimum absolute atomic E-state index is 0. The zero-order valence-electron chi connectivity index (χ0n) is 26.5. The zero-order valence-corrected chi connectivity index (χ0v) is 30.2. The molecule has 0 heterocycles. The average molecular weight is 704 g/mol. The summed E-state index contributed by atoms with van der Waals surface area (Å²) < 4.78 is 67.8. The molecule has 0 spiro atoms. The topological polar surface area (TPSA) is 210 Å². The van der Waals surface area contributed by atoms with Crippen LogP contribution in [-0.2, 0) is 20.2 Å². The van der Waals surface area contributed by atoms with Gasteiger partial charge in [0.15, 0.2) is 0 Å². The number of hydrogen-bond donors (Lipinski definition) is 4. The molecule has 0 radical (unpaired) electrons. The molecule has 12 nitrogen and oxygen atoms in total. The molecule has 0 aliphatic carbocycles. The summed E-state index contributed by atoms with van der Waals surface area (Å²) in [6, 6.07) is 26.4. The van der Waals surface area contributed by atoms with Gasteiger partial charge in [0.2, 0.25) is 0 Å². The Morgan fingerprint density at radius 1 is 0.510 bits per heavy atom. The summed E-state index contributed by atoms with van der Waals surface area (Å²) in [6.45, 7) is 3.83. The predicted molar refractivity (Wildman–Crippen MR) is 186 cm³/mol. The van der Waals surface area contributed by atoms with E-state index < -0.39 is 20.2 Å². The first-order valence-electron chi connectivity index (χ1n) is 14.3. The van der Waals surface area contributed by atoms with Gasteiger partial charge in [-0.2, -0.15) is 27.1 Å². The van der Waals surface area contributed by atoms with Gasteiger partial charge >= 0.3 is 29.6 Å². The van der Waals surface area contributed by atoms with E-state index in [1.165, 1.54) is 12.1 Å². The van der Waals surface area contributed by atoms with Crippen molar-refractivity contribution in [2.24, 2.45) is 20.5 Å². The average Bonchev–Trinajstić information content (AvgIpc) is 3.03. The van der Waals surface area contributed by atoms with E-state index in [1.54, 1.807) is 60.7 Å². The molecule has 0 atom stereocenters. The van der Waals surface area contributed by atoms with Crippen LogP contribution in [0.4, 0.5) is 34.1 Å². The Balaban J connectivity index is 0.00000468. The van der Waals surface area contributed by atoms with Crippen molar-refractivity contribution in [3.63, 3.8) is 0 Å². The number of nitrogens with zero attached hydrogens (tertiary/aromatic N) is 4. The summed E-state index contributed by atoms with van der Waals surface area (Å²) in [5.74, 6) is 0. The molecule has 0 amide bonds. The molecule has 6 rings (SSSR count). The zero-order chi connectivity index (χ0) is 34.4. The van der Waals surface area contributed by atoms with Crippen LogP contribution in [0.3, 0.4) is 0 Å². The van der Waals surface area contributed by atoms with Gasteiger partial charge in [-0.25, -0.2) is 0 Å². The van der Waals surface area contributed by atoms with Gasteiger partial charge in [-0.15, -0.1) is 10.2 Å². The molecule has 0 unspecified atom stereocenters. The first kappa shape index (κ1) is 35.8. The monoisotopic (exact) mass is 703 g/mol. The second kappa shape index (κ2) is 13.8. The number of nitrogens with two attached hydrogens (primary N) is 2. The molecular formula is C34H28N6NaO6S2+. The van der Waals surface area contributed by atoms with E-state index >= 15 is 0 Å². The van der Waals surface area contributed by atoms with Gasteiger partial charge in [0.25, 0.3) is 20.2 Å². The molecule has 0 fully saturated rings. The van der Waals surface area contributed by atoms with Crippen LogP contribution in [0, 0.1) is 13.8 Å². The first-order valence-corrected chi connectivity index (χ1v) is 17.2. The molecule has 6 N–H and O–H groups in total. The minimum Gasteiger partial charge on any atom is -0.396 e. The Morgan fingerprint density at radius 2 is 0.857 bits per heavy atom. The van der Waals surface area contributed by atoms with Gasteiger partial charge in [-0.1, -0.05) is 60.7 Å². The van der Waals surface area contributed by atoms with Crippen LogP contribution >= 0.6 is 0 Å². The maximum absolute atomic E-state index is 12.1. The largest absolute Gasteiger partial charge is 1.00 e. The summed E-state index contributed by atoms with van der Waals surface area (Å²) in [4.78, 5) is -0.621. The van der Waals surface area contributed by atoms with Crippen molar-refractivity contribution in [3.05, 3.63) is 108 Å². The SMILES string of the molecule is Cc1cc(N=Nc2cc(S(=O)(=O)O)c3ccccc3c2N)ccc1-c1ccc(N=Nc2cc(S(=O)(=O)O)c3ccccc3c2N)cc1C.[Na+]. The van der Waals surface area contributed by atoms with Crippen LogP contribution in [0.25, 0.3) is 32.7 Å². The molecule has 0 saturated carbocycles. The van der Waals surface area contributed by atoms with E-state index in [2.05, 4.69) is 20.5 Å². The number of fused-ring (bicyclic) bond motifs is 2. The molecule has 0 bridgehead atoms. The Bertz CT molecular complexity index is 2400. The Morgan fingerprint density at radius 3 is 1.18 bits per heavy atom. The normalized spacial score (nSPS) is 12.2. The van der Waals surface area contributed by atoms with Crippen molar-refractivity contribution >= 4 is 75.9 Å². The van der Waals surface area contributed by atoms with Crippen molar-refractivity contribution in [2.75, 3.05) is 11.5 Å². The number of benzene rings is 6. The smallest absolute Gasteiger partial charge is 0.396 e. The molecule has 0 aliphatic rings. The second-order valence-electron chi connectivity index (χ2n) is 11.1. The van der Waals surface area contributed by atoms with Crippen molar-refractivity contribution in [2.45, 2.75) is 23.6 Å². The Labute approximate surface area is 304 Å². The minimum atomic E-state index is -4.54. The molecule has 15 heteroatoms. The van der Waals surface area contributed by atoms with Crippen molar-refractivity contribution in [1.29, 1.82) is 0 Å². The second-order valence-corrected chi connectivity index (χ2v) is 13.8. The van der Waals surface area contributed by atoms with Gasteiger partial charge in [0.05, 0.1) is 22.7 Å². The predicted octanol–water partition coefficient (Wildman–Crippen LogP) is 5.77. The van der Waals surface area contributed by atoms with Gasteiger partial charge < -0.3 is 11.5 Å². The van der Waals surface area contributed by atoms with Gasteiger partial charge in [-0.3, -0.25) is 9.11 Å². The van der Waals surface area contributed by atoms with Gasteiger partial charge in [-0.05, 0) is 72.5 Å². The fourth-order valence-electron chi connectivity index (χ4n) is 5.54. The van der Waals surface area contributed by atoms with Crippen LogP contribution in [0.1, 0.15) is 11.1 Å². The number of anilines is 2. The summed E-state index contributed by atoms with van der Waals surface area (Å²) in [7, 11) is -9.09. The molecule has 0 saturated heterocycles. The number of nitrogen functional groups attached to an aromatic ring is 2. The van der Waals surface area contributed by atoms with Crippen LogP contribution in [0.15, 0.2) is 127 Å². The Hall–Kier alpha value is -4.54. The summed E-state index contributed by atoms with van der Waals surface area (Å²) in [5.41, 5.74) is 17.8. The van der Waals surface area contributed by atoms with Crippen LogP contribution < -0.4 is 41.0 Å². The fraction of sp³-hybridized carbons (Fsp3) is 0.0588. The summed E-state index contributed by atoms with van der Waals surface area (Å²) >= 11 is 0. The number of rotatable bonds is 7. The van der Waals surface area contributed by atoms with E-state index in [0.717, 1.165) is 22.3 Å². The van der Waals surface area contributed by atoms with E-state index in [0.29, 0.717) is 22.1 Å². The summed E-state index contributed by atoms with van der Waals surface area (Å²) in [5, 5.41) is 18.4. The third-order valence-corrected chi connectivity index (χ3v) is 9.65. The van der Waals surface area contributed by atoms with E-state index in [4.69, 9.17) is 11.5 Å². The standard InChI is InChI=1S/C34H28N6O6S2.Na/c1-19-15-21(37-39-29-17-31(47(41,42)43)25-7-3-5-9-27(25)33(29)35)11-13-23(19)24-14-12-22(16-20(24)2)38-40-30-18-32(48(44,45)46)26-8-4-6-10-28(26)34(30)36;/h3-18H,35-36H2,1-2H3,(H,41,42,43)(H,44,45,46);/q;+1. The molecule has 6 aromatic carbocycles. The first-order chi connectivity index (χ1) is 22.7. The Kier molecular flexibility index (Phi) is 10.0. The third-order valence-electron chi connectivity index (χ3n) is 7.87. The summed E-state index contributed by atoms with van der Waals surface area (Å²) in [6.07, 6.45) is 0. The van der Waals surface area contributed by atoms with E-state index in [-0.39, 0.29) is 72.9 Å². The molecule has 0 aliphatic heterocycles. The van der Waals surface area contributed by atoms with E-state index in [9.17, 15) is 25.9 Å². The molecule has 6 aromatic rings. The third kappa shape index (κ3) is 7.26. The molecular weight excluding hydrogens is 676 g/mol. The van der Waals surface area contributed by atoms with E-state index in [1.807, 2.05) is 38.1 Å². The van der Waals surface area contributed by atoms with Crippen LogP contribution in [0.2, 0.25) is 0 Å². The van der Waals surface area contributed by atoms with Gasteiger partial charge in [0.1, 0.15) is 21.2 Å². The molecule has 49 heavy (non-hydrogen) atoms. The fourth-order valence-corrected chi connectivity index (χ4v) is 6.97.